The van der Waals surface area contributed by atoms with Gasteiger partial charge in [-0.3, -0.25) is 9.69 Å². The molecule has 3 rings (SSSR count). The van der Waals surface area contributed by atoms with Crippen molar-refractivity contribution >= 4 is 11.6 Å². The average molecular weight is 317 g/mol. The SMILES string of the molecule is CN1CCN(Cc2ccc(NC(=O)COCC3CC3)cc2)CC1. The summed E-state index contributed by atoms with van der Waals surface area (Å²) in [4.78, 5) is 16.6. The van der Waals surface area contributed by atoms with E-state index in [-0.39, 0.29) is 12.5 Å². The molecule has 126 valence electrons. The Bertz CT molecular complexity index is 506. The Morgan fingerprint density at radius 1 is 1.17 bits per heavy atom. The summed E-state index contributed by atoms with van der Waals surface area (Å²) in [5.74, 6) is 0.620. The summed E-state index contributed by atoms with van der Waals surface area (Å²) in [6.45, 7) is 6.36. The number of hydrogen-bond acceptors (Lipinski definition) is 4. The first kappa shape index (κ1) is 16.4. The maximum Gasteiger partial charge on any atom is 0.250 e. The lowest BCUT2D eigenvalue weighted by molar-refractivity contribution is -0.120. The van der Waals surface area contributed by atoms with E-state index in [1.54, 1.807) is 0 Å². The van der Waals surface area contributed by atoms with Crippen molar-refractivity contribution in [1.82, 2.24) is 9.80 Å². The van der Waals surface area contributed by atoms with Gasteiger partial charge in [0, 0.05) is 38.4 Å². The van der Waals surface area contributed by atoms with Crippen LogP contribution in [0.25, 0.3) is 0 Å². The second-order valence-electron chi connectivity index (χ2n) is 6.78. The van der Waals surface area contributed by atoms with Gasteiger partial charge in [0.25, 0.3) is 0 Å². The number of nitrogens with one attached hydrogen (secondary N) is 1. The molecule has 0 unspecified atom stereocenters. The third-order valence-corrected chi connectivity index (χ3v) is 4.52. The van der Waals surface area contributed by atoms with Crippen LogP contribution in [0.15, 0.2) is 24.3 Å². The third kappa shape index (κ3) is 5.61. The normalized spacial score (nSPS) is 19.7. The van der Waals surface area contributed by atoms with Crippen LogP contribution in [0, 0.1) is 5.92 Å². The van der Waals surface area contributed by atoms with Gasteiger partial charge in [-0.2, -0.15) is 0 Å². The molecule has 0 aromatic heterocycles. The first-order valence-corrected chi connectivity index (χ1v) is 8.56. The van der Waals surface area contributed by atoms with Crippen LogP contribution >= 0.6 is 0 Å². The molecule has 0 radical (unpaired) electrons. The Balaban J connectivity index is 1.40. The fourth-order valence-electron chi connectivity index (χ4n) is 2.76. The second kappa shape index (κ2) is 7.90. The van der Waals surface area contributed by atoms with Gasteiger partial charge in [-0.05, 0) is 43.5 Å². The highest BCUT2D eigenvalue weighted by atomic mass is 16.5. The van der Waals surface area contributed by atoms with Crippen molar-refractivity contribution in [1.29, 1.82) is 0 Å². The van der Waals surface area contributed by atoms with Gasteiger partial charge in [-0.1, -0.05) is 12.1 Å². The molecule has 0 bridgehead atoms. The van der Waals surface area contributed by atoms with Crippen molar-refractivity contribution in [3.63, 3.8) is 0 Å². The van der Waals surface area contributed by atoms with Crippen LogP contribution in [0.3, 0.4) is 0 Å². The van der Waals surface area contributed by atoms with E-state index in [2.05, 4.69) is 34.3 Å². The average Bonchev–Trinajstić information content (AvgIpc) is 3.36. The molecule has 1 aliphatic carbocycles. The van der Waals surface area contributed by atoms with E-state index >= 15 is 0 Å². The molecule has 0 spiro atoms. The zero-order valence-electron chi connectivity index (χ0n) is 14.0. The van der Waals surface area contributed by atoms with Crippen LogP contribution in [0.2, 0.25) is 0 Å². The van der Waals surface area contributed by atoms with E-state index in [4.69, 9.17) is 4.74 Å². The number of nitrogens with zero attached hydrogens (tertiary/aromatic N) is 2. The number of carbonyl (C=O) groups is 1. The third-order valence-electron chi connectivity index (χ3n) is 4.52. The van der Waals surface area contributed by atoms with Gasteiger partial charge in [0.2, 0.25) is 5.91 Å². The molecule has 2 fully saturated rings. The van der Waals surface area contributed by atoms with Gasteiger partial charge in [0.1, 0.15) is 6.61 Å². The summed E-state index contributed by atoms with van der Waals surface area (Å²) in [6.07, 6.45) is 2.49. The molecule has 0 atom stereocenters. The lowest BCUT2D eigenvalue weighted by atomic mass is 10.2. The molecule has 1 aromatic carbocycles. The Morgan fingerprint density at radius 2 is 1.87 bits per heavy atom. The number of piperazine rings is 1. The minimum absolute atomic E-state index is 0.0718. The van der Waals surface area contributed by atoms with Crippen LogP contribution in [-0.2, 0) is 16.1 Å². The van der Waals surface area contributed by atoms with Crippen LogP contribution < -0.4 is 5.32 Å². The van der Waals surface area contributed by atoms with Gasteiger partial charge in [0.05, 0.1) is 6.61 Å². The first-order valence-electron chi connectivity index (χ1n) is 8.56. The van der Waals surface area contributed by atoms with Gasteiger partial charge in [0.15, 0.2) is 0 Å². The molecule has 1 N–H and O–H groups in total. The number of carbonyl (C=O) groups excluding carboxylic acids is 1. The van der Waals surface area contributed by atoms with Crippen molar-refractivity contribution in [2.45, 2.75) is 19.4 Å². The molecular weight excluding hydrogens is 290 g/mol. The number of anilines is 1. The summed E-state index contributed by atoms with van der Waals surface area (Å²) in [5, 5.41) is 2.89. The van der Waals surface area contributed by atoms with Crippen molar-refractivity contribution in [3.05, 3.63) is 29.8 Å². The molecule has 1 aromatic rings. The van der Waals surface area contributed by atoms with E-state index in [9.17, 15) is 4.79 Å². The predicted octanol–water partition coefficient (Wildman–Crippen LogP) is 1.80. The predicted molar refractivity (Wildman–Crippen MR) is 91.4 cm³/mol. The van der Waals surface area contributed by atoms with E-state index in [1.807, 2.05) is 12.1 Å². The maximum absolute atomic E-state index is 11.8. The summed E-state index contributed by atoms with van der Waals surface area (Å²) < 4.78 is 5.40. The highest BCUT2D eigenvalue weighted by molar-refractivity contribution is 5.91. The molecule has 1 saturated heterocycles. The van der Waals surface area contributed by atoms with Crippen LogP contribution in [0.1, 0.15) is 18.4 Å². The van der Waals surface area contributed by atoms with Gasteiger partial charge in [-0.25, -0.2) is 0 Å². The zero-order valence-corrected chi connectivity index (χ0v) is 14.0. The lowest BCUT2D eigenvalue weighted by Gasteiger charge is -2.32. The van der Waals surface area contributed by atoms with Gasteiger partial charge < -0.3 is 15.0 Å². The van der Waals surface area contributed by atoms with E-state index in [1.165, 1.54) is 18.4 Å². The summed E-state index contributed by atoms with van der Waals surface area (Å²) in [5.41, 5.74) is 2.13. The molecule has 1 aliphatic heterocycles. The monoisotopic (exact) mass is 317 g/mol. The fraction of sp³-hybridized carbons (Fsp3) is 0.611. The second-order valence-corrected chi connectivity index (χ2v) is 6.78. The molecule has 1 amide bonds. The van der Waals surface area contributed by atoms with Gasteiger partial charge in [-0.15, -0.1) is 0 Å². The number of rotatable bonds is 7. The molecule has 2 aliphatic rings. The topological polar surface area (TPSA) is 44.8 Å². The molecule has 5 nitrogen and oxygen atoms in total. The lowest BCUT2D eigenvalue weighted by Crippen LogP contribution is -2.43. The van der Waals surface area contributed by atoms with Crippen LogP contribution in [0.4, 0.5) is 5.69 Å². The summed E-state index contributed by atoms with van der Waals surface area (Å²) >= 11 is 0. The highest BCUT2D eigenvalue weighted by Crippen LogP contribution is 2.28. The van der Waals surface area contributed by atoms with E-state index in [0.29, 0.717) is 5.92 Å². The van der Waals surface area contributed by atoms with Crippen molar-refractivity contribution < 1.29 is 9.53 Å². The summed E-state index contributed by atoms with van der Waals surface area (Å²) in [6, 6.07) is 8.15. The van der Waals surface area contributed by atoms with Crippen LogP contribution in [0.5, 0.6) is 0 Å². The molecule has 23 heavy (non-hydrogen) atoms. The van der Waals surface area contributed by atoms with Crippen LogP contribution in [-0.4, -0.2) is 62.1 Å². The largest absolute Gasteiger partial charge is 0.371 e. The van der Waals surface area contributed by atoms with Crippen molar-refractivity contribution in [2.75, 3.05) is 51.8 Å². The zero-order chi connectivity index (χ0) is 16.1. The number of benzene rings is 1. The molecule has 5 heteroatoms. The number of amides is 1. The van der Waals surface area contributed by atoms with Crippen molar-refractivity contribution in [2.24, 2.45) is 5.92 Å². The van der Waals surface area contributed by atoms with Gasteiger partial charge >= 0.3 is 0 Å². The Kier molecular flexibility index (Phi) is 5.65. The maximum atomic E-state index is 11.8. The quantitative estimate of drug-likeness (QED) is 0.833. The standard InChI is InChI=1S/C18H27N3O2/c1-20-8-10-21(11-9-20)12-15-4-6-17(7-5-15)19-18(22)14-23-13-16-2-3-16/h4-7,16H,2-3,8-14H2,1H3,(H,19,22). The first-order chi connectivity index (χ1) is 11.2. The minimum Gasteiger partial charge on any atom is -0.371 e. The Labute approximate surface area is 138 Å². The molecular formula is C18H27N3O2. The fourth-order valence-corrected chi connectivity index (χ4v) is 2.76. The minimum atomic E-state index is -0.0718. The number of ether oxygens (including phenoxy) is 1. The number of likely N-dealkylation sites (N-methyl/N-ethyl adjacent to an activating group) is 1. The Hall–Kier alpha value is -1.43. The number of hydrogen-bond donors (Lipinski definition) is 1. The smallest absolute Gasteiger partial charge is 0.250 e. The Morgan fingerprint density at radius 3 is 2.52 bits per heavy atom. The van der Waals surface area contributed by atoms with E-state index < -0.39 is 0 Å². The highest BCUT2D eigenvalue weighted by Gasteiger charge is 2.21. The molecule has 1 saturated carbocycles. The van der Waals surface area contributed by atoms with Crippen molar-refractivity contribution in [3.8, 4) is 0 Å². The molecule has 1 heterocycles. The summed E-state index contributed by atoms with van der Waals surface area (Å²) in [7, 11) is 2.17. The van der Waals surface area contributed by atoms with E-state index in [0.717, 1.165) is 45.0 Å².